The number of benzene rings is 9. The van der Waals surface area contributed by atoms with Crippen molar-refractivity contribution >= 4 is 124 Å². The van der Waals surface area contributed by atoms with Crippen molar-refractivity contribution < 1.29 is 0 Å². The minimum absolute atomic E-state index is 1.14. The summed E-state index contributed by atoms with van der Waals surface area (Å²) in [6, 6.07) is 72.2. The van der Waals surface area contributed by atoms with Crippen LogP contribution in [-0.4, -0.2) is 16.9 Å². The standard InChI is InChI=1S/C58H44N4Si/c1-37-17-15-22-40(33-37)59(38-18-7-5-8-19-38)51-31-29-43-47-35-54-48(36-53(47)61-49-27-13-11-25-45(49)55(51)57(43)61)44-30-32-52(56-46-26-12-14-28-50(46)62(54)58(44)56)60(39-20-9-6-10-21-39)41-23-16-24-42(34-41)63(2,3)4/h5-36H,1-4H3. The number of anilines is 6. The van der Waals surface area contributed by atoms with Crippen molar-refractivity contribution in [2.45, 2.75) is 26.6 Å². The van der Waals surface area contributed by atoms with Gasteiger partial charge in [0.1, 0.15) is 0 Å². The van der Waals surface area contributed by atoms with E-state index in [0.29, 0.717) is 0 Å². The average Bonchev–Trinajstić information content (AvgIpc) is 4.03. The molecule has 63 heavy (non-hydrogen) atoms. The highest BCUT2D eigenvalue weighted by Crippen LogP contribution is 2.51. The number of hydrogen-bond donors (Lipinski definition) is 0. The molecule has 5 heteroatoms. The van der Waals surface area contributed by atoms with E-state index < -0.39 is 8.07 Å². The van der Waals surface area contributed by atoms with Gasteiger partial charge in [0.05, 0.1) is 52.5 Å². The fourth-order valence-corrected chi connectivity index (χ4v) is 11.9. The minimum atomic E-state index is -1.59. The van der Waals surface area contributed by atoms with Gasteiger partial charge < -0.3 is 18.6 Å². The van der Waals surface area contributed by atoms with Crippen molar-refractivity contribution in [2.75, 3.05) is 9.80 Å². The predicted molar refractivity (Wildman–Crippen MR) is 273 cm³/mol. The Balaban J connectivity index is 1.12. The molecule has 0 N–H and O–H groups in total. The van der Waals surface area contributed by atoms with Crippen molar-refractivity contribution in [3.8, 4) is 0 Å². The molecule has 300 valence electrons. The second-order valence-electron chi connectivity index (χ2n) is 18.3. The fraction of sp³-hybridized carbons (Fsp3) is 0.0690. The number of hydrogen-bond acceptors (Lipinski definition) is 2. The summed E-state index contributed by atoms with van der Waals surface area (Å²) in [6.07, 6.45) is 0. The van der Waals surface area contributed by atoms with Gasteiger partial charge in [-0.05, 0) is 97.4 Å². The van der Waals surface area contributed by atoms with Crippen molar-refractivity contribution in [3.05, 3.63) is 200 Å². The first-order valence-corrected chi connectivity index (χ1v) is 25.5. The first kappa shape index (κ1) is 36.1. The Morgan fingerprint density at radius 1 is 0.349 bits per heavy atom. The molecule has 0 aliphatic rings. The zero-order valence-corrected chi connectivity index (χ0v) is 36.8. The number of aromatic nitrogens is 2. The van der Waals surface area contributed by atoms with Gasteiger partial charge in [-0.2, -0.15) is 0 Å². The van der Waals surface area contributed by atoms with Crippen LogP contribution < -0.4 is 15.0 Å². The third kappa shape index (κ3) is 5.14. The molecular weight excluding hydrogens is 781 g/mol. The molecule has 0 amide bonds. The Labute approximate surface area is 366 Å². The van der Waals surface area contributed by atoms with Gasteiger partial charge in [0, 0.05) is 65.8 Å². The van der Waals surface area contributed by atoms with E-state index in [2.05, 4.69) is 239 Å². The lowest BCUT2D eigenvalue weighted by Crippen LogP contribution is -2.37. The zero-order chi connectivity index (χ0) is 42.1. The van der Waals surface area contributed by atoms with Crippen molar-refractivity contribution in [1.82, 2.24) is 8.80 Å². The summed E-state index contributed by atoms with van der Waals surface area (Å²) in [5.74, 6) is 0. The van der Waals surface area contributed by atoms with Crippen molar-refractivity contribution in [1.29, 1.82) is 0 Å². The molecule has 0 atom stereocenters. The molecule has 0 fully saturated rings. The summed E-state index contributed by atoms with van der Waals surface area (Å²) in [4.78, 5) is 4.91. The van der Waals surface area contributed by atoms with Crippen molar-refractivity contribution in [3.63, 3.8) is 0 Å². The Kier molecular flexibility index (Phi) is 7.56. The molecule has 9 aromatic carbocycles. The molecule has 0 radical (unpaired) electrons. The quantitative estimate of drug-likeness (QED) is 0.149. The third-order valence-corrected chi connectivity index (χ3v) is 15.5. The van der Waals surface area contributed by atoms with E-state index in [0.717, 1.165) is 17.1 Å². The fourth-order valence-electron chi connectivity index (χ4n) is 10.7. The summed E-state index contributed by atoms with van der Waals surface area (Å²) < 4.78 is 5.09. The summed E-state index contributed by atoms with van der Waals surface area (Å²) in [6.45, 7) is 9.47. The van der Waals surface area contributed by atoms with E-state index in [-0.39, 0.29) is 0 Å². The average molecular weight is 825 g/mol. The molecule has 0 aliphatic carbocycles. The van der Waals surface area contributed by atoms with Gasteiger partial charge in [-0.25, -0.2) is 0 Å². The van der Waals surface area contributed by atoms with Gasteiger partial charge in [-0.1, -0.05) is 134 Å². The first-order valence-electron chi connectivity index (χ1n) is 22.0. The van der Waals surface area contributed by atoms with E-state index >= 15 is 0 Å². The molecule has 0 saturated carbocycles. The summed E-state index contributed by atoms with van der Waals surface area (Å²) in [7, 11) is -1.59. The number of fused-ring (bicyclic) bond motifs is 12. The second-order valence-corrected chi connectivity index (χ2v) is 23.4. The van der Waals surface area contributed by atoms with E-state index in [1.807, 2.05) is 0 Å². The zero-order valence-electron chi connectivity index (χ0n) is 35.8. The monoisotopic (exact) mass is 824 g/mol. The number of rotatable bonds is 7. The van der Waals surface area contributed by atoms with Gasteiger partial charge in [0.2, 0.25) is 0 Å². The Morgan fingerprint density at radius 2 is 0.794 bits per heavy atom. The molecule has 0 unspecified atom stereocenters. The molecule has 4 heterocycles. The summed E-state index contributed by atoms with van der Waals surface area (Å²) in [5.41, 5.74) is 15.7. The maximum Gasteiger partial charge on any atom is 0.0776 e. The highest BCUT2D eigenvalue weighted by molar-refractivity contribution is 6.88. The van der Waals surface area contributed by atoms with E-state index in [4.69, 9.17) is 0 Å². The topological polar surface area (TPSA) is 15.3 Å². The number of para-hydroxylation sites is 4. The van der Waals surface area contributed by atoms with Gasteiger partial charge in [0.15, 0.2) is 0 Å². The lowest BCUT2D eigenvalue weighted by molar-refractivity contribution is 1.28. The smallest absolute Gasteiger partial charge is 0.0776 e. The highest BCUT2D eigenvalue weighted by Gasteiger charge is 2.28. The normalized spacial score (nSPS) is 12.4. The molecule has 0 bridgehead atoms. The maximum atomic E-state index is 2.55. The van der Waals surface area contributed by atoms with E-state index in [1.54, 1.807) is 0 Å². The van der Waals surface area contributed by atoms with Gasteiger partial charge >= 0.3 is 0 Å². The van der Waals surface area contributed by atoms with Gasteiger partial charge in [-0.3, -0.25) is 0 Å². The van der Waals surface area contributed by atoms with Gasteiger partial charge in [-0.15, -0.1) is 0 Å². The van der Waals surface area contributed by atoms with Crippen LogP contribution in [-0.2, 0) is 0 Å². The highest BCUT2D eigenvalue weighted by atomic mass is 28.3. The Morgan fingerprint density at radius 3 is 1.29 bits per heavy atom. The summed E-state index contributed by atoms with van der Waals surface area (Å²) >= 11 is 0. The van der Waals surface area contributed by atoms with E-state index in [9.17, 15) is 0 Å². The van der Waals surface area contributed by atoms with Crippen molar-refractivity contribution in [2.24, 2.45) is 0 Å². The molecular formula is C58H44N4Si. The Hall–Kier alpha value is -7.60. The minimum Gasteiger partial charge on any atom is -0.310 e. The van der Waals surface area contributed by atoms with Crippen LogP contribution in [0.3, 0.4) is 0 Å². The van der Waals surface area contributed by atoms with Crippen LogP contribution in [0.25, 0.3) is 76.2 Å². The maximum absolute atomic E-state index is 2.55. The largest absolute Gasteiger partial charge is 0.310 e. The van der Waals surface area contributed by atoms with Crippen LogP contribution in [0, 0.1) is 6.92 Å². The number of nitrogens with zero attached hydrogens (tertiary/aromatic N) is 4. The molecule has 4 aromatic heterocycles. The Bertz CT molecular complexity index is 3910. The second kappa shape index (κ2) is 13.2. The third-order valence-electron chi connectivity index (χ3n) is 13.5. The first-order chi connectivity index (χ1) is 30.8. The van der Waals surface area contributed by atoms with Crippen LogP contribution in [0.1, 0.15) is 5.56 Å². The van der Waals surface area contributed by atoms with Crippen LogP contribution >= 0.6 is 0 Å². The molecule has 0 saturated heterocycles. The predicted octanol–water partition coefficient (Wildman–Crippen LogP) is 15.8. The van der Waals surface area contributed by atoms with Crippen LogP contribution in [0.15, 0.2) is 194 Å². The molecule has 0 aliphatic heterocycles. The molecule has 13 rings (SSSR count). The van der Waals surface area contributed by atoms with Gasteiger partial charge in [0.25, 0.3) is 0 Å². The number of aryl methyl sites for hydroxylation is 1. The van der Waals surface area contributed by atoms with Crippen LogP contribution in [0.2, 0.25) is 19.6 Å². The SMILES string of the molecule is Cc1cccc(N(c2ccccc2)c2ccc3c4cc5c(cc4n4c6ccccc6c2c34)c2ccc(N(c3ccccc3)c3cccc([Si](C)(C)C)c3)c3c4ccccc4n5c23)c1. The molecule has 0 spiro atoms. The lowest BCUT2D eigenvalue weighted by atomic mass is 10.0. The lowest BCUT2D eigenvalue weighted by Gasteiger charge is -2.28. The van der Waals surface area contributed by atoms with E-state index in [1.165, 1.54) is 104 Å². The van der Waals surface area contributed by atoms with Crippen LogP contribution in [0.5, 0.6) is 0 Å². The molecule has 13 aromatic rings. The van der Waals surface area contributed by atoms with Crippen LogP contribution in [0.4, 0.5) is 34.1 Å². The molecule has 4 nitrogen and oxygen atoms in total. The summed E-state index contributed by atoms with van der Waals surface area (Å²) in [5, 5.41) is 11.6.